The maximum Gasteiger partial charge on any atom is 0.319 e. The molecule has 2 aliphatic heterocycles. The highest BCUT2D eigenvalue weighted by atomic mass is 35.5. The summed E-state index contributed by atoms with van der Waals surface area (Å²) >= 11 is 5.91. The average Bonchev–Trinajstić information content (AvgIpc) is 2.74. The Bertz CT molecular complexity index is 994. The molecule has 10 heteroatoms. The molecule has 0 amide bonds. The lowest BCUT2D eigenvalue weighted by Gasteiger charge is -2.43. The molecular weight excluding hydrogens is 440 g/mol. The van der Waals surface area contributed by atoms with E-state index in [9.17, 15) is 13.9 Å². The van der Waals surface area contributed by atoms with Crippen LogP contribution in [0.5, 0.6) is 6.01 Å². The smallest absolute Gasteiger partial charge is 0.319 e. The lowest BCUT2D eigenvalue weighted by atomic mass is 9.73. The lowest BCUT2D eigenvalue weighted by Crippen LogP contribution is -2.49. The number of aliphatic hydroxyl groups is 1. The van der Waals surface area contributed by atoms with Gasteiger partial charge in [-0.1, -0.05) is 18.5 Å². The molecule has 0 aromatic carbocycles. The molecule has 2 aromatic rings. The third-order valence-corrected chi connectivity index (χ3v) is 7.03. The summed E-state index contributed by atoms with van der Waals surface area (Å²) in [7, 11) is 2.00. The Morgan fingerprint density at radius 2 is 2.06 bits per heavy atom. The molecule has 7 nitrogen and oxygen atoms in total. The van der Waals surface area contributed by atoms with Gasteiger partial charge in [0.05, 0.1) is 24.3 Å². The van der Waals surface area contributed by atoms with Crippen molar-refractivity contribution < 1.29 is 18.6 Å². The maximum absolute atomic E-state index is 14.9. The molecule has 4 heterocycles. The number of anilines is 1. The average molecular weight is 470 g/mol. The highest BCUT2D eigenvalue weighted by Gasteiger charge is 2.40. The van der Waals surface area contributed by atoms with Crippen LogP contribution < -0.4 is 9.64 Å². The van der Waals surface area contributed by atoms with Gasteiger partial charge < -0.3 is 19.6 Å². The van der Waals surface area contributed by atoms with E-state index in [-0.39, 0.29) is 29.2 Å². The van der Waals surface area contributed by atoms with Crippen molar-refractivity contribution in [2.45, 2.75) is 38.7 Å². The number of likely N-dealkylation sites (tertiary alicyclic amines) is 1. The van der Waals surface area contributed by atoms with Crippen molar-refractivity contribution >= 4 is 28.3 Å². The zero-order valence-corrected chi connectivity index (χ0v) is 19.5. The minimum absolute atomic E-state index is 0.00550. The fourth-order valence-electron chi connectivity index (χ4n) is 4.91. The van der Waals surface area contributed by atoms with Crippen LogP contribution in [0.3, 0.4) is 0 Å². The van der Waals surface area contributed by atoms with Gasteiger partial charge >= 0.3 is 6.01 Å². The van der Waals surface area contributed by atoms with E-state index in [2.05, 4.69) is 19.9 Å². The van der Waals surface area contributed by atoms with Crippen molar-refractivity contribution in [3.8, 4) is 6.01 Å². The number of pyridine rings is 1. The molecule has 3 atom stereocenters. The topological polar surface area (TPSA) is 74.6 Å². The van der Waals surface area contributed by atoms with Gasteiger partial charge in [0.2, 0.25) is 0 Å². The Labute approximate surface area is 191 Å². The van der Waals surface area contributed by atoms with Gasteiger partial charge in [-0.2, -0.15) is 9.97 Å². The van der Waals surface area contributed by atoms with Gasteiger partial charge in [-0.25, -0.2) is 9.37 Å². The van der Waals surface area contributed by atoms with Gasteiger partial charge in [0.25, 0.3) is 0 Å². The van der Waals surface area contributed by atoms with E-state index in [1.165, 1.54) is 6.20 Å². The van der Waals surface area contributed by atoms with Crippen LogP contribution in [0.25, 0.3) is 10.9 Å². The summed E-state index contributed by atoms with van der Waals surface area (Å²) in [6.45, 7) is 6.07. The van der Waals surface area contributed by atoms with Crippen LogP contribution in [0.1, 0.15) is 33.1 Å². The summed E-state index contributed by atoms with van der Waals surface area (Å²) in [6, 6.07) is 0.00550. The number of β-amino-alcohol motifs (C(OH)–C–C–N with tert-alkyl or cyclic N) is 1. The lowest BCUT2D eigenvalue weighted by molar-refractivity contribution is 0.000293. The number of rotatable bonds is 5. The third-order valence-electron chi connectivity index (χ3n) is 6.77. The predicted octanol–water partition coefficient (Wildman–Crippen LogP) is 3.47. The Kier molecular flexibility index (Phi) is 6.44. The number of hydrogen-bond donors (Lipinski definition) is 1. The fraction of sp³-hybridized carbons (Fsp3) is 0.682. The van der Waals surface area contributed by atoms with E-state index in [1.54, 1.807) is 6.92 Å². The van der Waals surface area contributed by atoms with Crippen LogP contribution in [-0.4, -0.2) is 77.1 Å². The summed E-state index contributed by atoms with van der Waals surface area (Å²) in [5, 5.41) is 10.7. The van der Waals surface area contributed by atoms with Crippen LogP contribution in [0.15, 0.2) is 6.20 Å². The molecule has 0 aliphatic carbocycles. The second kappa shape index (κ2) is 8.83. The molecular formula is C22H30ClF2N5O2. The van der Waals surface area contributed by atoms with E-state index in [0.717, 1.165) is 19.4 Å². The Morgan fingerprint density at radius 3 is 2.78 bits per heavy atom. The minimum atomic E-state index is -0.885. The van der Waals surface area contributed by atoms with Crippen LogP contribution in [0.2, 0.25) is 5.15 Å². The summed E-state index contributed by atoms with van der Waals surface area (Å²) in [5.74, 6) is -0.432. The standard InChI is InChI=1S/C22H30ClF2N5O2/c1-21(11-29(3)8-5-14(21)9-24)13-32-20-27-17-15(10-26-18(23)16(17)25)19(28-20)30-7-4-6-22(2,31)12-30/h10,14,31H,4-9,11-13H2,1-3H3/t14-,21+,22-/m1/s1. The first-order valence-electron chi connectivity index (χ1n) is 11.0. The van der Waals surface area contributed by atoms with Crippen LogP contribution >= 0.6 is 11.6 Å². The number of nitrogens with zero attached hydrogens (tertiary/aromatic N) is 5. The van der Waals surface area contributed by atoms with Crippen LogP contribution in [-0.2, 0) is 0 Å². The van der Waals surface area contributed by atoms with E-state index >= 15 is 0 Å². The highest BCUT2D eigenvalue weighted by Crippen LogP contribution is 2.37. The third kappa shape index (κ3) is 4.61. The summed E-state index contributed by atoms with van der Waals surface area (Å²) < 4.78 is 34.5. The normalized spacial score (nSPS) is 29.5. The molecule has 0 radical (unpaired) electrons. The first-order chi connectivity index (χ1) is 15.1. The molecule has 32 heavy (non-hydrogen) atoms. The molecule has 2 saturated heterocycles. The quantitative estimate of drug-likeness (QED) is 0.672. The van der Waals surface area contributed by atoms with Crippen LogP contribution in [0.4, 0.5) is 14.6 Å². The van der Waals surface area contributed by atoms with Crippen molar-refractivity contribution in [3.63, 3.8) is 0 Å². The molecule has 176 valence electrons. The molecule has 0 bridgehead atoms. The zero-order chi connectivity index (χ0) is 23.1. The van der Waals surface area contributed by atoms with Crippen molar-refractivity contribution in [1.82, 2.24) is 19.9 Å². The van der Waals surface area contributed by atoms with Crippen molar-refractivity contribution in [2.24, 2.45) is 11.3 Å². The number of piperidine rings is 2. The van der Waals surface area contributed by atoms with Gasteiger partial charge in [0.1, 0.15) is 11.3 Å². The van der Waals surface area contributed by atoms with Gasteiger partial charge in [0.15, 0.2) is 11.0 Å². The van der Waals surface area contributed by atoms with Crippen LogP contribution in [0, 0.1) is 17.2 Å². The number of alkyl halides is 1. The second-order valence-electron chi connectivity index (χ2n) is 9.80. The molecule has 2 aliphatic rings. The summed E-state index contributed by atoms with van der Waals surface area (Å²) in [6.07, 6.45) is 3.63. The maximum atomic E-state index is 14.9. The molecule has 0 spiro atoms. The number of hydrogen-bond acceptors (Lipinski definition) is 7. The molecule has 2 aromatic heterocycles. The Morgan fingerprint density at radius 1 is 1.28 bits per heavy atom. The minimum Gasteiger partial charge on any atom is -0.463 e. The first kappa shape index (κ1) is 23.3. The highest BCUT2D eigenvalue weighted by molar-refractivity contribution is 6.30. The zero-order valence-electron chi connectivity index (χ0n) is 18.7. The summed E-state index contributed by atoms with van der Waals surface area (Å²) in [4.78, 5) is 16.8. The van der Waals surface area contributed by atoms with Gasteiger partial charge in [-0.3, -0.25) is 4.39 Å². The number of aromatic nitrogens is 3. The number of halogens is 3. The van der Waals surface area contributed by atoms with Crippen molar-refractivity contribution in [3.05, 3.63) is 17.2 Å². The fourth-order valence-corrected chi connectivity index (χ4v) is 5.05. The number of fused-ring (bicyclic) bond motifs is 1. The van der Waals surface area contributed by atoms with E-state index in [4.69, 9.17) is 16.3 Å². The molecule has 0 saturated carbocycles. The molecule has 2 fully saturated rings. The van der Waals surface area contributed by atoms with Gasteiger partial charge in [-0.15, -0.1) is 0 Å². The Hall–Kier alpha value is -1.84. The monoisotopic (exact) mass is 469 g/mol. The Balaban J connectivity index is 1.69. The summed E-state index contributed by atoms with van der Waals surface area (Å²) in [5.41, 5.74) is -1.30. The molecule has 4 rings (SSSR count). The first-order valence-corrected chi connectivity index (χ1v) is 11.4. The van der Waals surface area contributed by atoms with Crippen molar-refractivity contribution in [1.29, 1.82) is 0 Å². The SMILES string of the molecule is CN1CC[C@H](CF)[C@](C)(COc2nc(N3CCC[C@@](C)(O)C3)c3cnc(Cl)c(F)c3n2)C1. The molecule has 0 unspecified atom stereocenters. The van der Waals surface area contributed by atoms with E-state index < -0.39 is 23.5 Å². The van der Waals surface area contributed by atoms with E-state index in [1.807, 2.05) is 18.9 Å². The van der Waals surface area contributed by atoms with Gasteiger partial charge in [-0.05, 0) is 45.7 Å². The largest absolute Gasteiger partial charge is 0.463 e. The van der Waals surface area contributed by atoms with Gasteiger partial charge in [0, 0.05) is 31.2 Å². The predicted molar refractivity (Wildman–Crippen MR) is 120 cm³/mol. The van der Waals surface area contributed by atoms with Crippen molar-refractivity contribution in [2.75, 3.05) is 51.4 Å². The number of ether oxygens (including phenoxy) is 1. The van der Waals surface area contributed by atoms with E-state index in [0.29, 0.717) is 37.3 Å². The second-order valence-corrected chi connectivity index (χ2v) is 10.2. The molecule has 1 N–H and O–H groups in total.